The summed E-state index contributed by atoms with van der Waals surface area (Å²) in [4.78, 5) is 25.3. The van der Waals surface area contributed by atoms with Gasteiger partial charge >= 0.3 is 0 Å². The predicted molar refractivity (Wildman–Crippen MR) is 111 cm³/mol. The van der Waals surface area contributed by atoms with Gasteiger partial charge in [-0.1, -0.05) is 53.5 Å². The molecule has 134 valence electrons. The summed E-state index contributed by atoms with van der Waals surface area (Å²) >= 11 is 11.8. The Morgan fingerprint density at radius 2 is 1.19 bits per heavy atom. The van der Waals surface area contributed by atoms with Gasteiger partial charge in [-0.05, 0) is 65.7 Å². The van der Waals surface area contributed by atoms with Crippen LogP contribution in [0.1, 0.15) is 32.7 Å². The fourth-order valence-corrected chi connectivity index (χ4v) is 2.91. The van der Waals surface area contributed by atoms with E-state index in [0.717, 1.165) is 5.56 Å². The Hall–Kier alpha value is -2.68. The van der Waals surface area contributed by atoms with Crippen LogP contribution in [-0.2, 0) is 0 Å². The molecule has 0 aliphatic carbocycles. The Morgan fingerprint density at radius 1 is 0.667 bits per heavy atom. The molecule has 0 N–H and O–H groups in total. The van der Waals surface area contributed by atoms with Gasteiger partial charge in [0.2, 0.25) is 0 Å². The zero-order valence-corrected chi connectivity index (χ0v) is 15.9. The van der Waals surface area contributed by atoms with Crippen LogP contribution in [0.3, 0.4) is 0 Å². The Balaban J connectivity index is 1.91. The van der Waals surface area contributed by atoms with Crippen molar-refractivity contribution in [1.29, 1.82) is 0 Å². The van der Waals surface area contributed by atoms with Crippen molar-refractivity contribution in [2.45, 2.75) is 6.42 Å². The second-order valence-corrected chi connectivity index (χ2v) is 6.89. The van der Waals surface area contributed by atoms with Crippen LogP contribution in [0, 0.1) is 0 Å². The molecule has 0 bridgehead atoms. The number of Topliss-reactive ketones (excluding diaryl/α,β-unsaturated/α-hetero) is 1. The van der Waals surface area contributed by atoms with E-state index in [1.807, 2.05) is 30.3 Å². The molecule has 0 unspecified atom stereocenters. The van der Waals surface area contributed by atoms with E-state index in [2.05, 4.69) is 0 Å². The van der Waals surface area contributed by atoms with Crippen LogP contribution in [0.15, 0.2) is 84.9 Å². The van der Waals surface area contributed by atoms with E-state index < -0.39 is 0 Å². The van der Waals surface area contributed by atoms with Gasteiger partial charge in [0.05, 0.1) is 0 Å². The van der Waals surface area contributed by atoms with Crippen LogP contribution in [0.25, 0.3) is 5.57 Å². The lowest BCUT2D eigenvalue weighted by molar-refractivity contribution is 0.0998. The van der Waals surface area contributed by atoms with Crippen LogP contribution in [0.2, 0.25) is 10.0 Å². The van der Waals surface area contributed by atoms with Crippen molar-refractivity contribution in [2.24, 2.45) is 0 Å². The van der Waals surface area contributed by atoms with Gasteiger partial charge in [-0.25, -0.2) is 0 Å². The maximum absolute atomic E-state index is 12.7. The summed E-state index contributed by atoms with van der Waals surface area (Å²) < 4.78 is 0. The third-order valence-corrected chi connectivity index (χ3v) is 4.60. The minimum Gasteiger partial charge on any atom is -0.294 e. The molecule has 2 nitrogen and oxygen atoms in total. The number of carbonyl (C=O) groups excluding carboxylic acids is 2. The summed E-state index contributed by atoms with van der Waals surface area (Å²) in [5, 5.41) is 1.14. The third kappa shape index (κ3) is 5.16. The van der Waals surface area contributed by atoms with Gasteiger partial charge in [-0.15, -0.1) is 0 Å². The van der Waals surface area contributed by atoms with Gasteiger partial charge in [0.1, 0.15) is 0 Å². The van der Waals surface area contributed by atoms with E-state index in [0.29, 0.717) is 26.7 Å². The molecule has 3 rings (SSSR count). The number of hydrogen-bond acceptors (Lipinski definition) is 2. The van der Waals surface area contributed by atoms with Gasteiger partial charge in [0.15, 0.2) is 11.6 Å². The van der Waals surface area contributed by atoms with Crippen molar-refractivity contribution < 1.29 is 9.59 Å². The highest BCUT2D eigenvalue weighted by Crippen LogP contribution is 2.23. The van der Waals surface area contributed by atoms with E-state index in [1.165, 1.54) is 6.08 Å². The van der Waals surface area contributed by atoms with Crippen molar-refractivity contribution in [3.05, 3.63) is 112 Å². The normalized spacial score (nSPS) is 11.3. The molecule has 0 aliphatic rings. The zero-order valence-electron chi connectivity index (χ0n) is 14.4. The minimum atomic E-state index is -0.172. The van der Waals surface area contributed by atoms with Crippen molar-refractivity contribution >= 4 is 40.3 Å². The van der Waals surface area contributed by atoms with Crippen LogP contribution in [0.5, 0.6) is 0 Å². The highest BCUT2D eigenvalue weighted by atomic mass is 35.5. The van der Waals surface area contributed by atoms with Crippen molar-refractivity contribution in [3.63, 3.8) is 0 Å². The molecule has 0 amide bonds. The van der Waals surface area contributed by atoms with E-state index >= 15 is 0 Å². The average molecular weight is 395 g/mol. The first-order chi connectivity index (χ1) is 13.0. The largest absolute Gasteiger partial charge is 0.294 e. The molecule has 0 aromatic heterocycles. The molecule has 3 aromatic carbocycles. The number of carbonyl (C=O) groups is 2. The van der Waals surface area contributed by atoms with E-state index in [-0.39, 0.29) is 18.0 Å². The van der Waals surface area contributed by atoms with Crippen molar-refractivity contribution in [2.75, 3.05) is 0 Å². The number of halogens is 2. The number of rotatable bonds is 6. The first-order valence-electron chi connectivity index (χ1n) is 8.37. The molecule has 0 saturated heterocycles. The summed E-state index contributed by atoms with van der Waals surface area (Å²) in [5.41, 5.74) is 2.57. The predicted octanol–water partition coefficient (Wildman–Crippen LogP) is 6.53. The molecule has 0 fully saturated rings. The standard InChI is InChI=1S/C23H16Cl2O2/c24-20-10-6-17(7-11-20)22(26)14-19(16-4-2-1-3-5-16)15-23(27)18-8-12-21(25)13-9-18/h1-14H,15H2. The number of ketones is 2. The summed E-state index contributed by atoms with van der Waals surface area (Å²) in [5.74, 6) is -0.250. The Kier molecular flexibility index (Phi) is 6.23. The topological polar surface area (TPSA) is 34.1 Å². The highest BCUT2D eigenvalue weighted by Gasteiger charge is 2.13. The van der Waals surface area contributed by atoms with Crippen LogP contribution in [0.4, 0.5) is 0 Å². The lowest BCUT2D eigenvalue weighted by Gasteiger charge is -2.08. The quantitative estimate of drug-likeness (QED) is 0.351. The van der Waals surface area contributed by atoms with Crippen LogP contribution >= 0.6 is 23.2 Å². The molecule has 27 heavy (non-hydrogen) atoms. The monoisotopic (exact) mass is 394 g/mol. The molecule has 0 heterocycles. The fraction of sp³-hybridized carbons (Fsp3) is 0.0435. The van der Waals surface area contributed by atoms with Gasteiger partial charge in [-0.2, -0.15) is 0 Å². The van der Waals surface area contributed by atoms with Gasteiger partial charge in [-0.3, -0.25) is 9.59 Å². The van der Waals surface area contributed by atoms with Gasteiger partial charge in [0.25, 0.3) is 0 Å². The smallest absolute Gasteiger partial charge is 0.186 e. The van der Waals surface area contributed by atoms with E-state index in [4.69, 9.17) is 23.2 Å². The molecular formula is C23H16Cl2O2. The Bertz CT molecular complexity index is 973. The van der Waals surface area contributed by atoms with Gasteiger partial charge < -0.3 is 0 Å². The molecule has 4 heteroatoms. The Labute approximate surface area is 168 Å². The molecule has 3 aromatic rings. The zero-order chi connectivity index (χ0) is 19.2. The minimum absolute atomic E-state index is 0.0781. The molecule has 0 saturated carbocycles. The van der Waals surface area contributed by atoms with Gasteiger partial charge in [0, 0.05) is 27.6 Å². The summed E-state index contributed by atoms with van der Waals surface area (Å²) in [6.45, 7) is 0. The second-order valence-electron chi connectivity index (χ2n) is 6.01. The second kappa shape index (κ2) is 8.81. The van der Waals surface area contributed by atoms with Crippen LogP contribution < -0.4 is 0 Å². The van der Waals surface area contributed by atoms with E-state index in [9.17, 15) is 9.59 Å². The molecule has 0 atom stereocenters. The fourth-order valence-electron chi connectivity index (χ4n) is 2.66. The molecule has 0 aliphatic heterocycles. The molecule has 0 spiro atoms. The Morgan fingerprint density at radius 3 is 1.74 bits per heavy atom. The lowest BCUT2D eigenvalue weighted by atomic mass is 9.95. The first kappa shape index (κ1) is 19.1. The average Bonchev–Trinajstić information content (AvgIpc) is 2.69. The number of benzene rings is 3. The molecular weight excluding hydrogens is 379 g/mol. The lowest BCUT2D eigenvalue weighted by Crippen LogP contribution is -2.03. The van der Waals surface area contributed by atoms with Crippen molar-refractivity contribution in [1.82, 2.24) is 0 Å². The maximum Gasteiger partial charge on any atom is 0.186 e. The first-order valence-corrected chi connectivity index (χ1v) is 9.13. The summed E-state index contributed by atoms with van der Waals surface area (Å²) in [6, 6.07) is 22.8. The number of hydrogen-bond donors (Lipinski definition) is 0. The summed E-state index contributed by atoms with van der Waals surface area (Å²) in [6.07, 6.45) is 1.64. The highest BCUT2D eigenvalue weighted by molar-refractivity contribution is 6.31. The maximum atomic E-state index is 12.7. The van der Waals surface area contributed by atoms with Crippen molar-refractivity contribution in [3.8, 4) is 0 Å². The summed E-state index contributed by atoms with van der Waals surface area (Å²) in [7, 11) is 0. The third-order valence-electron chi connectivity index (χ3n) is 4.10. The number of allylic oxidation sites excluding steroid dienone is 2. The van der Waals surface area contributed by atoms with E-state index in [1.54, 1.807) is 48.5 Å². The van der Waals surface area contributed by atoms with Crippen LogP contribution in [-0.4, -0.2) is 11.6 Å². The molecule has 0 radical (unpaired) electrons. The SMILES string of the molecule is O=C(C=C(CC(=O)c1ccc(Cl)cc1)c1ccccc1)c1ccc(Cl)cc1.